The fourth-order valence-corrected chi connectivity index (χ4v) is 2.74. The van der Waals surface area contributed by atoms with E-state index in [1.807, 2.05) is 30.3 Å². The molecule has 8 nitrogen and oxygen atoms in total. The first-order valence-corrected chi connectivity index (χ1v) is 8.28. The predicted octanol–water partition coefficient (Wildman–Crippen LogP) is 1.61. The number of nitrogens with one attached hydrogen (secondary N) is 1. The minimum absolute atomic E-state index is 0.0713. The Kier molecular flexibility index (Phi) is 5.18. The number of hydrogen-bond acceptors (Lipinski definition) is 7. The quantitative estimate of drug-likeness (QED) is 0.833. The summed E-state index contributed by atoms with van der Waals surface area (Å²) in [5.74, 6) is -0.467. The second kappa shape index (κ2) is 7.52. The van der Waals surface area contributed by atoms with Gasteiger partial charge in [0.25, 0.3) is 0 Å². The van der Waals surface area contributed by atoms with Crippen molar-refractivity contribution < 1.29 is 23.9 Å². The fraction of sp³-hybridized carbons (Fsp3) is 0.471. The summed E-state index contributed by atoms with van der Waals surface area (Å²) in [6, 6.07) is 9.52. The number of esters is 1. The third-order valence-corrected chi connectivity index (χ3v) is 4.13. The second-order valence-electron chi connectivity index (χ2n) is 5.86. The van der Waals surface area contributed by atoms with Gasteiger partial charge in [-0.2, -0.15) is 0 Å². The van der Waals surface area contributed by atoms with Crippen LogP contribution in [0.15, 0.2) is 35.3 Å². The van der Waals surface area contributed by atoms with Crippen molar-refractivity contribution in [1.29, 1.82) is 0 Å². The molecule has 2 aliphatic rings. The standard InChI is InChI=1S/C17H21N3O5/c1-2-23-15(21)14-18-17(25-19-14)8-10-20(11-9-17)16(22)24-12-13-6-4-3-5-7-13/h3-7H,2,8-12H2,1H3,(H,18,19). The average Bonchev–Trinajstić information content (AvgIpc) is 3.05. The van der Waals surface area contributed by atoms with Crippen molar-refractivity contribution in [2.75, 3.05) is 19.7 Å². The van der Waals surface area contributed by atoms with Gasteiger partial charge in [-0.1, -0.05) is 30.3 Å². The number of ether oxygens (including phenoxy) is 2. The number of amidine groups is 1. The van der Waals surface area contributed by atoms with Crippen LogP contribution in [0.1, 0.15) is 25.3 Å². The number of carbonyl (C=O) groups is 2. The molecule has 8 heteroatoms. The molecule has 0 atom stereocenters. The van der Waals surface area contributed by atoms with Crippen molar-refractivity contribution in [3.63, 3.8) is 0 Å². The molecule has 0 unspecified atom stereocenters. The van der Waals surface area contributed by atoms with Crippen molar-refractivity contribution in [2.24, 2.45) is 4.99 Å². The number of hydroxylamine groups is 1. The van der Waals surface area contributed by atoms with Crippen LogP contribution in [-0.2, 0) is 25.7 Å². The predicted molar refractivity (Wildman–Crippen MR) is 88.5 cm³/mol. The molecule has 3 rings (SSSR count). The summed E-state index contributed by atoms with van der Waals surface area (Å²) in [6.45, 7) is 3.12. The number of rotatable bonds is 4. The van der Waals surface area contributed by atoms with Crippen molar-refractivity contribution in [3.05, 3.63) is 35.9 Å². The first-order chi connectivity index (χ1) is 12.1. The van der Waals surface area contributed by atoms with E-state index in [-0.39, 0.29) is 25.1 Å². The summed E-state index contributed by atoms with van der Waals surface area (Å²) in [5, 5.41) is 0. The van der Waals surface area contributed by atoms with E-state index in [1.54, 1.807) is 11.8 Å². The summed E-state index contributed by atoms with van der Waals surface area (Å²) < 4.78 is 10.2. The Bertz CT molecular complexity index is 654. The van der Waals surface area contributed by atoms with Gasteiger partial charge in [0.15, 0.2) is 5.72 Å². The molecule has 0 aliphatic carbocycles. The van der Waals surface area contributed by atoms with Crippen LogP contribution in [0.25, 0.3) is 0 Å². The molecule has 0 aromatic heterocycles. The Balaban J connectivity index is 1.50. The van der Waals surface area contributed by atoms with Crippen LogP contribution in [0, 0.1) is 0 Å². The van der Waals surface area contributed by atoms with Crippen LogP contribution in [-0.4, -0.2) is 48.2 Å². The van der Waals surface area contributed by atoms with Gasteiger partial charge in [0.2, 0.25) is 5.84 Å². The number of amides is 1. The topological polar surface area (TPSA) is 89.5 Å². The lowest BCUT2D eigenvalue weighted by Gasteiger charge is -2.34. The summed E-state index contributed by atoms with van der Waals surface area (Å²) in [7, 11) is 0. The minimum Gasteiger partial charge on any atom is -0.460 e. The molecule has 1 saturated heterocycles. The van der Waals surface area contributed by atoms with Gasteiger partial charge in [-0.25, -0.2) is 24.9 Å². The normalized spacial score (nSPS) is 18.4. The molecule has 1 spiro atoms. The third-order valence-electron chi connectivity index (χ3n) is 4.13. The van der Waals surface area contributed by atoms with E-state index in [4.69, 9.17) is 14.3 Å². The smallest absolute Gasteiger partial charge is 0.410 e. The molecular formula is C17H21N3O5. The number of piperidine rings is 1. The maximum Gasteiger partial charge on any atom is 0.410 e. The molecule has 2 aliphatic heterocycles. The number of aliphatic imine (C=N–C) groups is 1. The Morgan fingerprint density at radius 3 is 2.64 bits per heavy atom. The maximum absolute atomic E-state index is 12.2. The average molecular weight is 347 g/mol. The Hall–Kier alpha value is -2.61. The molecule has 1 amide bonds. The highest BCUT2D eigenvalue weighted by molar-refractivity contribution is 6.35. The molecule has 0 saturated carbocycles. The lowest BCUT2D eigenvalue weighted by molar-refractivity contribution is -0.136. The monoisotopic (exact) mass is 347 g/mol. The molecule has 0 bridgehead atoms. The van der Waals surface area contributed by atoms with Gasteiger partial charge >= 0.3 is 12.1 Å². The van der Waals surface area contributed by atoms with Crippen molar-refractivity contribution in [2.45, 2.75) is 32.1 Å². The van der Waals surface area contributed by atoms with Gasteiger partial charge in [0.1, 0.15) is 6.61 Å². The van der Waals surface area contributed by atoms with Gasteiger partial charge in [-0.05, 0) is 12.5 Å². The highest BCUT2D eigenvalue weighted by atomic mass is 16.7. The molecule has 25 heavy (non-hydrogen) atoms. The number of likely N-dealkylation sites (tertiary alicyclic amines) is 1. The van der Waals surface area contributed by atoms with Gasteiger partial charge < -0.3 is 14.4 Å². The number of hydrogen-bond donors (Lipinski definition) is 1. The van der Waals surface area contributed by atoms with E-state index in [0.29, 0.717) is 25.9 Å². The first kappa shape index (κ1) is 17.2. The van der Waals surface area contributed by atoms with Crippen LogP contribution < -0.4 is 5.48 Å². The number of benzene rings is 1. The highest BCUT2D eigenvalue weighted by Crippen LogP contribution is 2.30. The molecule has 1 aromatic rings. The maximum atomic E-state index is 12.2. The Morgan fingerprint density at radius 1 is 1.24 bits per heavy atom. The summed E-state index contributed by atoms with van der Waals surface area (Å²) >= 11 is 0. The SMILES string of the molecule is CCOC(=O)C1=NC2(CCN(C(=O)OCc3ccccc3)CC2)ON1. The van der Waals surface area contributed by atoms with E-state index >= 15 is 0 Å². The van der Waals surface area contributed by atoms with Gasteiger partial charge in [0.05, 0.1) is 6.61 Å². The van der Waals surface area contributed by atoms with Crippen LogP contribution in [0.4, 0.5) is 4.79 Å². The van der Waals surface area contributed by atoms with Crippen LogP contribution in [0.2, 0.25) is 0 Å². The largest absolute Gasteiger partial charge is 0.460 e. The van der Waals surface area contributed by atoms with E-state index in [1.165, 1.54) is 0 Å². The summed E-state index contributed by atoms with van der Waals surface area (Å²) in [5.41, 5.74) is 2.65. The molecule has 2 heterocycles. The van der Waals surface area contributed by atoms with Crippen LogP contribution >= 0.6 is 0 Å². The third kappa shape index (κ3) is 4.08. The second-order valence-corrected chi connectivity index (χ2v) is 5.86. The summed E-state index contributed by atoms with van der Waals surface area (Å²) in [6.07, 6.45) is 0.589. The van der Waals surface area contributed by atoms with E-state index < -0.39 is 11.7 Å². The molecular weight excluding hydrogens is 326 g/mol. The fourth-order valence-electron chi connectivity index (χ4n) is 2.74. The van der Waals surface area contributed by atoms with Crippen molar-refractivity contribution in [1.82, 2.24) is 10.4 Å². The lowest BCUT2D eigenvalue weighted by atomic mass is 10.0. The molecule has 1 N–H and O–H groups in total. The Labute approximate surface area is 145 Å². The first-order valence-electron chi connectivity index (χ1n) is 8.28. The molecule has 0 radical (unpaired) electrons. The number of carbonyl (C=O) groups excluding carboxylic acids is 2. The van der Waals surface area contributed by atoms with Gasteiger partial charge in [-0.3, -0.25) is 0 Å². The zero-order chi connectivity index (χ0) is 17.7. The van der Waals surface area contributed by atoms with E-state index in [9.17, 15) is 9.59 Å². The zero-order valence-electron chi connectivity index (χ0n) is 14.1. The molecule has 1 aromatic carbocycles. The van der Waals surface area contributed by atoms with E-state index in [2.05, 4.69) is 10.5 Å². The number of nitrogens with zero attached hydrogens (tertiary/aromatic N) is 2. The lowest BCUT2D eigenvalue weighted by Crippen LogP contribution is -2.46. The van der Waals surface area contributed by atoms with Crippen LogP contribution in [0.5, 0.6) is 0 Å². The van der Waals surface area contributed by atoms with Crippen LogP contribution in [0.3, 0.4) is 0 Å². The summed E-state index contributed by atoms with van der Waals surface area (Å²) in [4.78, 5) is 35.3. The highest BCUT2D eigenvalue weighted by Gasteiger charge is 2.43. The van der Waals surface area contributed by atoms with Gasteiger partial charge in [-0.15, -0.1) is 0 Å². The molecule has 134 valence electrons. The van der Waals surface area contributed by atoms with Crippen molar-refractivity contribution >= 4 is 17.9 Å². The Morgan fingerprint density at radius 2 is 1.96 bits per heavy atom. The zero-order valence-corrected chi connectivity index (χ0v) is 14.1. The van der Waals surface area contributed by atoms with E-state index in [0.717, 1.165) is 5.56 Å². The van der Waals surface area contributed by atoms with Crippen molar-refractivity contribution in [3.8, 4) is 0 Å². The van der Waals surface area contributed by atoms with Gasteiger partial charge in [0, 0.05) is 25.9 Å². The minimum atomic E-state index is -0.821. The molecule has 1 fully saturated rings.